The largest absolute Gasteiger partial charge is 0.457 e. The third-order valence-electron chi connectivity index (χ3n) is 3.00. The van der Waals surface area contributed by atoms with Gasteiger partial charge in [0.05, 0.1) is 5.69 Å². The van der Waals surface area contributed by atoms with Crippen molar-refractivity contribution < 1.29 is 4.74 Å². The Hall–Kier alpha value is -3.14. The molecule has 0 aliphatic heterocycles. The molecule has 22 heavy (non-hydrogen) atoms. The van der Waals surface area contributed by atoms with Crippen molar-refractivity contribution in [1.82, 2.24) is 9.97 Å². The standard InChI is InChI=1S/C18H15N3O/c19-18-20-12-11-15(21-18)13-17(14-7-3-1-4-8-14)22-16-9-5-2-6-10-16/h1-13H,(H2,19,20,21)/b17-13-. The highest BCUT2D eigenvalue weighted by molar-refractivity contribution is 5.77. The molecule has 0 saturated carbocycles. The first-order chi connectivity index (χ1) is 10.8. The number of rotatable bonds is 4. The predicted molar refractivity (Wildman–Crippen MR) is 87.8 cm³/mol. The van der Waals surface area contributed by atoms with Gasteiger partial charge < -0.3 is 10.5 Å². The van der Waals surface area contributed by atoms with Crippen LogP contribution in [0.1, 0.15) is 11.3 Å². The maximum atomic E-state index is 6.00. The summed E-state index contributed by atoms with van der Waals surface area (Å²) in [5.74, 6) is 1.70. The van der Waals surface area contributed by atoms with Crippen LogP contribution in [-0.2, 0) is 0 Å². The van der Waals surface area contributed by atoms with E-state index in [1.807, 2.05) is 66.7 Å². The third-order valence-corrected chi connectivity index (χ3v) is 3.00. The Morgan fingerprint density at radius 1 is 0.909 bits per heavy atom. The van der Waals surface area contributed by atoms with Crippen molar-refractivity contribution in [3.8, 4) is 5.75 Å². The van der Waals surface area contributed by atoms with Crippen LogP contribution in [0.4, 0.5) is 5.95 Å². The van der Waals surface area contributed by atoms with E-state index >= 15 is 0 Å². The van der Waals surface area contributed by atoms with Crippen molar-refractivity contribution in [2.24, 2.45) is 0 Å². The number of hydrogen-bond acceptors (Lipinski definition) is 4. The predicted octanol–water partition coefficient (Wildman–Crippen LogP) is 3.64. The number of para-hydroxylation sites is 1. The topological polar surface area (TPSA) is 61.0 Å². The van der Waals surface area contributed by atoms with Crippen molar-refractivity contribution >= 4 is 17.8 Å². The third kappa shape index (κ3) is 3.49. The van der Waals surface area contributed by atoms with Crippen LogP contribution in [0.3, 0.4) is 0 Å². The molecule has 1 aromatic heterocycles. The molecule has 0 amide bonds. The van der Waals surface area contributed by atoms with E-state index in [4.69, 9.17) is 10.5 Å². The summed E-state index contributed by atoms with van der Waals surface area (Å²) in [7, 11) is 0. The van der Waals surface area contributed by atoms with Crippen LogP contribution >= 0.6 is 0 Å². The SMILES string of the molecule is Nc1nccc(/C=C(\Oc2ccccc2)c2ccccc2)n1. The van der Waals surface area contributed by atoms with Gasteiger partial charge >= 0.3 is 0 Å². The smallest absolute Gasteiger partial charge is 0.220 e. The van der Waals surface area contributed by atoms with Crippen LogP contribution < -0.4 is 10.5 Å². The molecule has 0 saturated heterocycles. The molecule has 0 radical (unpaired) electrons. The summed E-state index contributed by atoms with van der Waals surface area (Å²) in [6, 6.07) is 21.3. The molecule has 0 unspecified atom stereocenters. The summed E-state index contributed by atoms with van der Waals surface area (Å²) in [5.41, 5.74) is 7.29. The van der Waals surface area contributed by atoms with Crippen molar-refractivity contribution in [3.05, 3.63) is 84.2 Å². The second kappa shape index (κ2) is 6.54. The van der Waals surface area contributed by atoms with Gasteiger partial charge in [-0.15, -0.1) is 0 Å². The molecule has 4 nitrogen and oxygen atoms in total. The molecule has 0 aliphatic rings. The minimum Gasteiger partial charge on any atom is -0.457 e. The molecule has 2 N–H and O–H groups in total. The molecule has 3 aromatic rings. The normalized spacial score (nSPS) is 11.2. The quantitative estimate of drug-likeness (QED) is 0.745. The van der Waals surface area contributed by atoms with Gasteiger partial charge in [-0.2, -0.15) is 0 Å². The van der Waals surface area contributed by atoms with E-state index < -0.39 is 0 Å². The highest BCUT2D eigenvalue weighted by atomic mass is 16.5. The summed E-state index contributed by atoms with van der Waals surface area (Å²) in [6.07, 6.45) is 3.47. The van der Waals surface area contributed by atoms with Gasteiger partial charge in [0.1, 0.15) is 11.5 Å². The molecule has 0 aliphatic carbocycles. The molecule has 1 heterocycles. The van der Waals surface area contributed by atoms with Crippen LogP contribution in [0.5, 0.6) is 5.75 Å². The highest BCUT2D eigenvalue weighted by Crippen LogP contribution is 2.22. The van der Waals surface area contributed by atoms with Gasteiger partial charge in [0.2, 0.25) is 5.95 Å². The monoisotopic (exact) mass is 289 g/mol. The minimum atomic E-state index is 0.237. The molecule has 4 heteroatoms. The van der Waals surface area contributed by atoms with Crippen LogP contribution in [0.15, 0.2) is 72.9 Å². The lowest BCUT2D eigenvalue weighted by molar-refractivity contribution is 0.518. The lowest BCUT2D eigenvalue weighted by Crippen LogP contribution is -1.98. The Morgan fingerprint density at radius 3 is 2.27 bits per heavy atom. The van der Waals surface area contributed by atoms with E-state index in [0.29, 0.717) is 11.5 Å². The number of nitrogens with zero attached hydrogens (tertiary/aromatic N) is 2. The van der Waals surface area contributed by atoms with Gasteiger partial charge in [0.15, 0.2) is 0 Å². The summed E-state index contributed by atoms with van der Waals surface area (Å²) < 4.78 is 6.00. The first-order valence-electron chi connectivity index (χ1n) is 6.90. The van der Waals surface area contributed by atoms with Gasteiger partial charge in [-0.1, -0.05) is 48.5 Å². The van der Waals surface area contributed by atoms with Crippen molar-refractivity contribution in [3.63, 3.8) is 0 Å². The molecule has 0 spiro atoms. The summed E-state index contributed by atoms with van der Waals surface area (Å²) >= 11 is 0. The fraction of sp³-hybridized carbons (Fsp3) is 0. The number of anilines is 1. The van der Waals surface area contributed by atoms with Crippen LogP contribution in [0.25, 0.3) is 11.8 Å². The van der Waals surface area contributed by atoms with Crippen LogP contribution in [0, 0.1) is 0 Å². The zero-order valence-corrected chi connectivity index (χ0v) is 11.9. The van der Waals surface area contributed by atoms with E-state index in [0.717, 1.165) is 11.3 Å². The first-order valence-corrected chi connectivity index (χ1v) is 6.90. The van der Waals surface area contributed by atoms with Gasteiger partial charge in [0.25, 0.3) is 0 Å². The Morgan fingerprint density at radius 2 is 1.59 bits per heavy atom. The second-order valence-corrected chi connectivity index (χ2v) is 4.63. The van der Waals surface area contributed by atoms with Crippen molar-refractivity contribution in [2.45, 2.75) is 0 Å². The summed E-state index contributed by atoms with van der Waals surface area (Å²) in [4.78, 5) is 8.09. The molecule has 2 aromatic carbocycles. The van der Waals surface area contributed by atoms with Crippen LogP contribution in [-0.4, -0.2) is 9.97 Å². The molecule has 108 valence electrons. The average molecular weight is 289 g/mol. The molecular weight excluding hydrogens is 274 g/mol. The summed E-state index contributed by atoms with van der Waals surface area (Å²) in [5, 5.41) is 0. The second-order valence-electron chi connectivity index (χ2n) is 4.63. The molecular formula is C18H15N3O. The Kier molecular flexibility index (Phi) is 4.11. The zero-order valence-electron chi connectivity index (χ0n) is 11.9. The fourth-order valence-corrected chi connectivity index (χ4v) is 1.99. The highest BCUT2D eigenvalue weighted by Gasteiger charge is 2.05. The molecule has 0 fully saturated rings. The van der Waals surface area contributed by atoms with E-state index in [2.05, 4.69) is 9.97 Å². The van der Waals surface area contributed by atoms with Gasteiger partial charge in [-0.05, 0) is 18.2 Å². The number of nitrogen functional groups attached to an aromatic ring is 1. The molecule has 0 bridgehead atoms. The van der Waals surface area contributed by atoms with Crippen molar-refractivity contribution in [2.75, 3.05) is 5.73 Å². The fourth-order valence-electron chi connectivity index (χ4n) is 1.99. The Bertz CT molecular complexity index is 771. The molecule has 0 atom stereocenters. The maximum absolute atomic E-state index is 6.00. The van der Waals surface area contributed by atoms with Gasteiger partial charge in [0, 0.05) is 17.8 Å². The minimum absolute atomic E-state index is 0.237. The number of nitrogens with two attached hydrogens (primary N) is 1. The van der Waals surface area contributed by atoms with E-state index in [1.165, 1.54) is 0 Å². The Labute approximate surface area is 128 Å². The average Bonchev–Trinajstić information content (AvgIpc) is 2.56. The Balaban J connectivity index is 1.99. The van der Waals surface area contributed by atoms with E-state index in [1.54, 1.807) is 12.3 Å². The molecule has 3 rings (SSSR count). The number of ether oxygens (including phenoxy) is 1. The van der Waals surface area contributed by atoms with Gasteiger partial charge in [-0.25, -0.2) is 9.97 Å². The van der Waals surface area contributed by atoms with E-state index in [9.17, 15) is 0 Å². The number of benzene rings is 2. The lowest BCUT2D eigenvalue weighted by Gasteiger charge is -2.10. The maximum Gasteiger partial charge on any atom is 0.220 e. The van der Waals surface area contributed by atoms with E-state index in [-0.39, 0.29) is 5.95 Å². The summed E-state index contributed by atoms with van der Waals surface area (Å²) in [6.45, 7) is 0. The van der Waals surface area contributed by atoms with Gasteiger partial charge in [-0.3, -0.25) is 0 Å². The van der Waals surface area contributed by atoms with Crippen molar-refractivity contribution in [1.29, 1.82) is 0 Å². The number of aromatic nitrogens is 2. The number of hydrogen-bond donors (Lipinski definition) is 1. The zero-order chi connectivity index (χ0) is 15.2. The lowest BCUT2D eigenvalue weighted by atomic mass is 10.1. The van der Waals surface area contributed by atoms with Crippen LogP contribution in [0.2, 0.25) is 0 Å². The first kappa shape index (κ1) is 13.8.